The minimum Gasteiger partial charge on any atom is -0.465 e. The van der Waals surface area contributed by atoms with Gasteiger partial charge in [-0.2, -0.15) is 0 Å². The van der Waals surface area contributed by atoms with Crippen LogP contribution in [0.15, 0.2) is 29.2 Å². The first-order chi connectivity index (χ1) is 8.16. The zero-order valence-corrected chi connectivity index (χ0v) is 11.1. The van der Waals surface area contributed by atoms with E-state index in [4.69, 9.17) is 4.74 Å². The molecule has 1 fully saturated rings. The predicted molar refractivity (Wildman–Crippen MR) is 70.1 cm³/mol. The molecule has 92 valence electrons. The molecule has 3 heteroatoms. The number of carbonyl (C=O) groups excluding carboxylic acids is 1. The lowest BCUT2D eigenvalue weighted by Gasteiger charge is -2.05. The fourth-order valence-electron chi connectivity index (χ4n) is 1.73. The van der Waals surface area contributed by atoms with Gasteiger partial charge in [0.2, 0.25) is 0 Å². The lowest BCUT2D eigenvalue weighted by molar-refractivity contribution is -0.140. The Kier molecular flexibility index (Phi) is 4.11. The molecule has 0 heterocycles. The van der Waals surface area contributed by atoms with Gasteiger partial charge in [-0.15, -0.1) is 11.8 Å². The summed E-state index contributed by atoms with van der Waals surface area (Å²) in [6.07, 6.45) is 1.21. The van der Waals surface area contributed by atoms with Crippen LogP contribution in [0, 0.1) is 18.8 Å². The lowest BCUT2D eigenvalue weighted by atomic mass is 10.2. The molecule has 2 nitrogen and oxygen atoms in total. The summed E-state index contributed by atoms with van der Waals surface area (Å²) in [6.45, 7) is 4.86. The molecule has 0 aliphatic heterocycles. The van der Waals surface area contributed by atoms with Crippen LogP contribution in [0.25, 0.3) is 0 Å². The zero-order chi connectivity index (χ0) is 12.3. The molecule has 2 rings (SSSR count). The first-order valence-corrected chi connectivity index (χ1v) is 6.99. The van der Waals surface area contributed by atoms with Gasteiger partial charge in [0.25, 0.3) is 0 Å². The van der Waals surface area contributed by atoms with E-state index in [9.17, 15) is 4.79 Å². The van der Waals surface area contributed by atoms with Crippen molar-refractivity contribution in [1.82, 2.24) is 0 Å². The second-order valence-electron chi connectivity index (χ2n) is 4.71. The third kappa shape index (κ3) is 3.77. The van der Waals surface area contributed by atoms with Gasteiger partial charge in [0, 0.05) is 4.90 Å². The van der Waals surface area contributed by atoms with Crippen LogP contribution in [0.3, 0.4) is 0 Å². The number of carbonyl (C=O) groups is 1. The molecule has 0 radical (unpaired) electrons. The lowest BCUT2D eigenvalue weighted by Crippen LogP contribution is -2.10. The Morgan fingerprint density at radius 2 is 2.18 bits per heavy atom. The number of aryl methyl sites for hydroxylation is 1. The van der Waals surface area contributed by atoms with E-state index in [2.05, 4.69) is 19.9 Å². The Morgan fingerprint density at radius 3 is 2.82 bits per heavy atom. The molecule has 1 aliphatic rings. The second-order valence-corrected chi connectivity index (χ2v) is 5.73. The Labute approximate surface area is 107 Å². The maximum Gasteiger partial charge on any atom is 0.316 e. The van der Waals surface area contributed by atoms with E-state index in [0.717, 1.165) is 10.8 Å². The molecule has 0 bridgehead atoms. The Hall–Kier alpha value is -0.960. The monoisotopic (exact) mass is 250 g/mol. The highest BCUT2D eigenvalue weighted by Crippen LogP contribution is 2.37. The van der Waals surface area contributed by atoms with Crippen LogP contribution in [0.4, 0.5) is 0 Å². The molecule has 2 unspecified atom stereocenters. The van der Waals surface area contributed by atoms with Crippen molar-refractivity contribution in [1.29, 1.82) is 0 Å². The highest BCUT2D eigenvalue weighted by atomic mass is 32.2. The highest BCUT2D eigenvalue weighted by molar-refractivity contribution is 8.00. The van der Waals surface area contributed by atoms with Crippen LogP contribution < -0.4 is 0 Å². The fraction of sp³-hybridized carbons (Fsp3) is 0.500. The molecule has 0 amide bonds. The van der Waals surface area contributed by atoms with Crippen LogP contribution in [0.5, 0.6) is 0 Å². The normalized spacial score (nSPS) is 22.2. The van der Waals surface area contributed by atoms with E-state index in [1.54, 1.807) is 11.8 Å². The van der Waals surface area contributed by atoms with Crippen LogP contribution in [-0.4, -0.2) is 18.3 Å². The Morgan fingerprint density at radius 1 is 1.47 bits per heavy atom. The summed E-state index contributed by atoms with van der Waals surface area (Å²) < 4.78 is 5.24. The molecule has 0 N–H and O–H groups in total. The number of hydrogen-bond acceptors (Lipinski definition) is 3. The van der Waals surface area contributed by atoms with Gasteiger partial charge in [-0.25, -0.2) is 0 Å². The SMILES string of the molecule is Cc1ccccc1SCC(=O)OCC1CC1C. The molecule has 1 aromatic carbocycles. The standard InChI is InChI=1S/C14H18O2S/c1-10-5-3-4-6-13(10)17-9-14(15)16-8-12-7-11(12)2/h3-6,11-12H,7-9H2,1-2H3. The highest BCUT2D eigenvalue weighted by Gasteiger charge is 2.33. The van der Waals surface area contributed by atoms with Gasteiger partial charge in [0.05, 0.1) is 12.4 Å². The van der Waals surface area contributed by atoms with Gasteiger partial charge in [0.15, 0.2) is 0 Å². The summed E-state index contributed by atoms with van der Waals surface area (Å²) >= 11 is 1.55. The molecular formula is C14H18O2S. The van der Waals surface area contributed by atoms with Gasteiger partial charge in [-0.1, -0.05) is 25.1 Å². The smallest absolute Gasteiger partial charge is 0.316 e. The summed E-state index contributed by atoms with van der Waals surface area (Å²) in [4.78, 5) is 12.7. The molecule has 1 saturated carbocycles. The fourth-order valence-corrected chi connectivity index (χ4v) is 2.56. The van der Waals surface area contributed by atoms with E-state index in [-0.39, 0.29) is 5.97 Å². The Bertz CT molecular complexity index is 403. The summed E-state index contributed by atoms with van der Waals surface area (Å²) in [7, 11) is 0. The van der Waals surface area contributed by atoms with Crippen LogP contribution in [0.1, 0.15) is 18.9 Å². The van der Waals surface area contributed by atoms with Gasteiger partial charge in [0.1, 0.15) is 0 Å². The molecule has 1 aliphatic carbocycles. The first kappa shape index (κ1) is 12.5. The largest absolute Gasteiger partial charge is 0.465 e. The van der Waals surface area contributed by atoms with E-state index in [1.165, 1.54) is 12.0 Å². The maximum atomic E-state index is 11.5. The van der Waals surface area contributed by atoms with Crippen LogP contribution >= 0.6 is 11.8 Å². The van der Waals surface area contributed by atoms with Crippen LogP contribution in [-0.2, 0) is 9.53 Å². The van der Waals surface area contributed by atoms with Crippen molar-refractivity contribution in [3.8, 4) is 0 Å². The third-order valence-electron chi connectivity index (χ3n) is 3.17. The molecule has 1 aromatic rings. The topological polar surface area (TPSA) is 26.3 Å². The van der Waals surface area contributed by atoms with Crippen molar-refractivity contribution in [3.05, 3.63) is 29.8 Å². The molecule has 2 atom stereocenters. The second kappa shape index (κ2) is 5.58. The maximum absolute atomic E-state index is 11.5. The van der Waals surface area contributed by atoms with Gasteiger partial charge >= 0.3 is 5.97 Å². The number of ether oxygens (including phenoxy) is 1. The summed E-state index contributed by atoms with van der Waals surface area (Å²) in [5.74, 6) is 1.66. The van der Waals surface area contributed by atoms with Crippen molar-refractivity contribution in [2.75, 3.05) is 12.4 Å². The molecule has 0 spiro atoms. The average Bonchev–Trinajstić information content (AvgIpc) is 3.02. The summed E-state index contributed by atoms with van der Waals surface area (Å²) in [6, 6.07) is 8.09. The van der Waals surface area contributed by atoms with Crippen molar-refractivity contribution in [3.63, 3.8) is 0 Å². The quantitative estimate of drug-likeness (QED) is 0.592. The third-order valence-corrected chi connectivity index (χ3v) is 4.32. The number of hydrogen-bond donors (Lipinski definition) is 0. The summed E-state index contributed by atoms with van der Waals surface area (Å²) in [5.41, 5.74) is 1.21. The van der Waals surface area contributed by atoms with Crippen molar-refractivity contribution in [2.24, 2.45) is 11.8 Å². The molecule has 0 aromatic heterocycles. The van der Waals surface area contributed by atoms with Crippen LogP contribution in [0.2, 0.25) is 0 Å². The van der Waals surface area contributed by atoms with Gasteiger partial charge in [-0.3, -0.25) is 4.79 Å². The minimum absolute atomic E-state index is 0.0997. The predicted octanol–water partition coefficient (Wildman–Crippen LogP) is 3.29. The number of benzene rings is 1. The first-order valence-electron chi connectivity index (χ1n) is 6.01. The summed E-state index contributed by atoms with van der Waals surface area (Å²) in [5, 5.41) is 0. The number of esters is 1. The zero-order valence-electron chi connectivity index (χ0n) is 10.3. The van der Waals surface area contributed by atoms with E-state index < -0.39 is 0 Å². The molecule has 17 heavy (non-hydrogen) atoms. The molecular weight excluding hydrogens is 232 g/mol. The van der Waals surface area contributed by atoms with E-state index >= 15 is 0 Å². The van der Waals surface area contributed by atoms with Gasteiger partial charge in [-0.05, 0) is 36.8 Å². The van der Waals surface area contributed by atoms with Gasteiger partial charge < -0.3 is 4.74 Å². The number of rotatable bonds is 5. The van der Waals surface area contributed by atoms with E-state index in [0.29, 0.717) is 18.3 Å². The average molecular weight is 250 g/mol. The number of thioether (sulfide) groups is 1. The van der Waals surface area contributed by atoms with E-state index in [1.807, 2.05) is 18.2 Å². The van der Waals surface area contributed by atoms with Crippen molar-refractivity contribution >= 4 is 17.7 Å². The minimum atomic E-state index is -0.0997. The van der Waals surface area contributed by atoms with Crippen molar-refractivity contribution < 1.29 is 9.53 Å². The Balaban J connectivity index is 1.70. The molecule has 0 saturated heterocycles. The van der Waals surface area contributed by atoms with Crippen molar-refractivity contribution in [2.45, 2.75) is 25.2 Å².